The molecule has 5 nitrogen and oxygen atoms in total. The van der Waals surface area contributed by atoms with Crippen molar-refractivity contribution in [2.24, 2.45) is 4.99 Å². The van der Waals surface area contributed by atoms with Gasteiger partial charge in [0, 0.05) is 20.1 Å². The lowest BCUT2D eigenvalue weighted by Crippen LogP contribution is -2.38. The van der Waals surface area contributed by atoms with E-state index in [4.69, 9.17) is 0 Å². The maximum atomic E-state index is 12.2. The Morgan fingerprint density at radius 2 is 1.85 bits per heavy atom. The first-order chi connectivity index (χ1) is 12.6. The zero-order valence-electron chi connectivity index (χ0n) is 16.1. The van der Waals surface area contributed by atoms with Crippen LogP contribution in [0, 0.1) is 0 Å². The Balaban J connectivity index is 0.00000364. The van der Waals surface area contributed by atoms with Gasteiger partial charge in [0.05, 0.1) is 11.5 Å². The molecule has 0 saturated heterocycles. The Hall–Kier alpha value is -1.09. The van der Waals surface area contributed by atoms with E-state index in [1.165, 1.54) is 31.3 Å². The van der Waals surface area contributed by atoms with Gasteiger partial charge in [-0.25, -0.2) is 8.42 Å². The molecule has 0 amide bonds. The summed E-state index contributed by atoms with van der Waals surface area (Å²) in [4.78, 5) is 4.20. The van der Waals surface area contributed by atoms with E-state index in [2.05, 4.69) is 21.7 Å². The lowest BCUT2D eigenvalue weighted by Gasteiger charge is -2.15. The van der Waals surface area contributed by atoms with Crippen LogP contribution in [0.15, 0.2) is 47.0 Å². The number of benzene rings is 1. The first-order valence-corrected chi connectivity index (χ1v) is 11.3. The standard InChI is InChI=1S/C20H31N3O2S.HI/c1-21-20(23-15-13-18-9-4-2-5-10-18)22-14-8-16-26(24,25)17-19-11-6-3-7-12-19;/h3,6-7,9,11-12H,2,4-5,8,10,13-17H2,1H3,(H2,21,22,23);1H. The van der Waals surface area contributed by atoms with Gasteiger partial charge in [0.1, 0.15) is 0 Å². The zero-order valence-corrected chi connectivity index (χ0v) is 19.3. The molecule has 27 heavy (non-hydrogen) atoms. The van der Waals surface area contributed by atoms with Crippen molar-refractivity contribution in [1.82, 2.24) is 10.6 Å². The van der Waals surface area contributed by atoms with Gasteiger partial charge in [0.2, 0.25) is 0 Å². The molecule has 7 heteroatoms. The molecule has 0 radical (unpaired) electrons. The largest absolute Gasteiger partial charge is 0.356 e. The van der Waals surface area contributed by atoms with Crippen LogP contribution in [-0.4, -0.2) is 40.3 Å². The van der Waals surface area contributed by atoms with E-state index in [0.29, 0.717) is 13.0 Å². The highest BCUT2D eigenvalue weighted by molar-refractivity contribution is 14.0. The van der Waals surface area contributed by atoms with Gasteiger partial charge in [0.25, 0.3) is 0 Å². The van der Waals surface area contributed by atoms with Gasteiger partial charge in [-0.05, 0) is 44.1 Å². The SMILES string of the molecule is CN=C(NCCCS(=O)(=O)Cc1ccccc1)NCCC1=CCCCC1.I. The molecule has 0 saturated carbocycles. The molecule has 0 aromatic heterocycles. The third-order valence-corrected chi connectivity index (χ3v) is 6.19. The van der Waals surface area contributed by atoms with Crippen LogP contribution < -0.4 is 10.6 Å². The summed E-state index contributed by atoms with van der Waals surface area (Å²) in [7, 11) is -1.34. The minimum Gasteiger partial charge on any atom is -0.356 e. The smallest absolute Gasteiger partial charge is 0.190 e. The summed E-state index contributed by atoms with van der Waals surface area (Å²) in [5, 5.41) is 6.50. The lowest BCUT2D eigenvalue weighted by molar-refractivity contribution is 0.591. The molecule has 0 aliphatic heterocycles. The number of rotatable bonds is 9. The number of sulfone groups is 1. The van der Waals surface area contributed by atoms with Crippen LogP contribution in [0.3, 0.4) is 0 Å². The molecule has 2 N–H and O–H groups in total. The third kappa shape index (κ3) is 10.1. The van der Waals surface area contributed by atoms with Gasteiger partial charge < -0.3 is 10.6 Å². The predicted octanol–water partition coefficient (Wildman–Crippen LogP) is 3.67. The second kappa shape index (κ2) is 13.1. The Morgan fingerprint density at radius 3 is 2.52 bits per heavy atom. The van der Waals surface area contributed by atoms with E-state index in [1.807, 2.05) is 30.3 Å². The molecule has 0 heterocycles. The fourth-order valence-electron chi connectivity index (χ4n) is 3.09. The molecule has 1 aliphatic rings. The number of hydrogen-bond donors (Lipinski definition) is 2. The van der Waals surface area contributed by atoms with Crippen molar-refractivity contribution in [3.63, 3.8) is 0 Å². The van der Waals surface area contributed by atoms with E-state index in [-0.39, 0.29) is 35.5 Å². The molecule has 0 atom stereocenters. The Morgan fingerprint density at radius 1 is 1.11 bits per heavy atom. The van der Waals surface area contributed by atoms with Crippen LogP contribution in [-0.2, 0) is 15.6 Å². The van der Waals surface area contributed by atoms with E-state index in [1.54, 1.807) is 7.05 Å². The molecule has 0 fully saturated rings. The van der Waals surface area contributed by atoms with Crippen LogP contribution in [0.5, 0.6) is 0 Å². The number of halogens is 1. The normalized spacial score (nSPS) is 14.9. The maximum absolute atomic E-state index is 12.2. The second-order valence-electron chi connectivity index (χ2n) is 6.72. The van der Waals surface area contributed by atoms with Crippen molar-refractivity contribution >= 4 is 39.8 Å². The van der Waals surface area contributed by atoms with Crippen molar-refractivity contribution in [2.45, 2.75) is 44.3 Å². The van der Waals surface area contributed by atoms with Crippen molar-refractivity contribution < 1.29 is 8.42 Å². The van der Waals surface area contributed by atoms with Crippen LogP contribution in [0.25, 0.3) is 0 Å². The molecular weight excluding hydrogens is 473 g/mol. The van der Waals surface area contributed by atoms with Gasteiger partial charge in [-0.15, -0.1) is 24.0 Å². The van der Waals surface area contributed by atoms with Gasteiger partial charge >= 0.3 is 0 Å². The molecule has 0 spiro atoms. The number of hydrogen-bond acceptors (Lipinski definition) is 3. The quantitative estimate of drug-likeness (QED) is 0.177. The molecule has 152 valence electrons. The summed E-state index contributed by atoms with van der Waals surface area (Å²) in [5.74, 6) is 1.02. The van der Waals surface area contributed by atoms with Crippen LogP contribution in [0.2, 0.25) is 0 Å². The Bertz CT molecular complexity index is 703. The minimum absolute atomic E-state index is 0. The summed E-state index contributed by atoms with van der Waals surface area (Å²) in [6, 6.07) is 9.33. The first kappa shape index (κ1) is 23.9. The second-order valence-corrected chi connectivity index (χ2v) is 8.90. The monoisotopic (exact) mass is 505 g/mol. The molecular formula is C20H32IN3O2S. The highest BCUT2D eigenvalue weighted by Gasteiger charge is 2.11. The number of allylic oxidation sites excluding steroid dienone is 1. The third-order valence-electron chi connectivity index (χ3n) is 4.50. The van der Waals surface area contributed by atoms with Gasteiger partial charge in [-0.1, -0.05) is 42.0 Å². The average molecular weight is 505 g/mol. The summed E-state index contributed by atoms with van der Waals surface area (Å²) >= 11 is 0. The van der Waals surface area contributed by atoms with Crippen LogP contribution in [0.4, 0.5) is 0 Å². The topological polar surface area (TPSA) is 70.6 Å². The van der Waals surface area contributed by atoms with E-state index < -0.39 is 9.84 Å². The van der Waals surface area contributed by atoms with E-state index >= 15 is 0 Å². The fraction of sp³-hybridized carbons (Fsp3) is 0.550. The molecule has 1 aliphatic carbocycles. The lowest BCUT2D eigenvalue weighted by atomic mass is 9.97. The highest BCUT2D eigenvalue weighted by atomic mass is 127. The predicted molar refractivity (Wildman–Crippen MR) is 124 cm³/mol. The molecule has 0 unspecified atom stereocenters. The molecule has 1 aromatic rings. The van der Waals surface area contributed by atoms with E-state index in [9.17, 15) is 8.42 Å². The number of guanidine groups is 1. The van der Waals surface area contributed by atoms with Crippen molar-refractivity contribution in [3.05, 3.63) is 47.5 Å². The van der Waals surface area contributed by atoms with Crippen molar-refractivity contribution in [1.29, 1.82) is 0 Å². The van der Waals surface area contributed by atoms with Gasteiger partial charge in [-0.3, -0.25) is 4.99 Å². The molecule has 1 aromatic carbocycles. The summed E-state index contributed by atoms with van der Waals surface area (Å²) in [5.41, 5.74) is 2.38. The summed E-state index contributed by atoms with van der Waals surface area (Å²) in [6.45, 7) is 1.45. The van der Waals surface area contributed by atoms with Crippen LogP contribution in [0.1, 0.15) is 44.1 Å². The Kier molecular flexibility index (Phi) is 11.7. The van der Waals surface area contributed by atoms with Gasteiger partial charge in [-0.2, -0.15) is 0 Å². The number of nitrogens with zero attached hydrogens (tertiary/aromatic N) is 1. The first-order valence-electron chi connectivity index (χ1n) is 9.46. The Labute approximate surface area is 181 Å². The molecule has 0 bridgehead atoms. The summed E-state index contributed by atoms with van der Waals surface area (Å²) in [6.07, 6.45) is 9.02. The van der Waals surface area contributed by atoms with Crippen molar-refractivity contribution in [3.8, 4) is 0 Å². The fourth-order valence-corrected chi connectivity index (χ4v) is 4.52. The van der Waals surface area contributed by atoms with E-state index in [0.717, 1.165) is 24.5 Å². The number of nitrogens with one attached hydrogen (secondary N) is 2. The minimum atomic E-state index is -3.08. The van der Waals surface area contributed by atoms with Crippen molar-refractivity contribution in [2.75, 3.05) is 25.9 Å². The molecule has 2 rings (SSSR count). The zero-order chi connectivity index (χ0) is 18.7. The van der Waals surface area contributed by atoms with Gasteiger partial charge in [0.15, 0.2) is 15.8 Å². The average Bonchev–Trinajstić information content (AvgIpc) is 2.65. The van der Waals surface area contributed by atoms with Crippen LogP contribution >= 0.6 is 24.0 Å². The highest BCUT2D eigenvalue weighted by Crippen LogP contribution is 2.19. The number of aliphatic imine (C=N–C) groups is 1. The maximum Gasteiger partial charge on any atom is 0.190 e. The summed E-state index contributed by atoms with van der Waals surface area (Å²) < 4.78 is 24.4.